The van der Waals surface area contributed by atoms with Gasteiger partial charge in [-0.1, -0.05) is 17.8 Å². The number of pyridine rings is 1. The number of esters is 1. The predicted octanol–water partition coefficient (Wildman–Crippen LogP) is 3.98. The van der Waals surface area contributed by atoms with Crippen molar-refractivity contribution in [3.8, 4) is 0 Å². The largest absolute Gasteiger partial charge is 0.462 e. The molecule has 2 aromatic heterocycles. The molecule has 0 saturated heterocycles. The van der Waals surface area contributed by atoms with Gasteiger partial charge in [-0.2, -0.15) is 0 Å². The summed E-state index contributed by atoms with van der Waals surface area (Å²) in [4.78, 5) is 25.4. The molecule has 1 aromatic carbocycles. The van der Waals surface area contributed by atoms with E-state index in [-0.39, 0.29) is 0 Å². The lowest BCUT2D eigenvalue weighted by atomic mass is 10.2. The molecule has 2 heterocycles. The molecule has 0 aliphatic heterocycles. The Kier molecular flexibility index (Phi) is 5.14. The average molecular weight is 354 g/mol. The highest BCUT2D eigenvalue weighted by Crippen LogP contribution is 2.26. The lowest BCUT2D eigenvalue weighted by Gasteiger charge is -2.14. The number of nitrogens with zero attached hydrogens (tertiary/aromatic N) is 3. The number of carbonyl (C=O) groups excluding carboxylic acids is 1. The number of thioether (sulfide) groups is 1. The molecule has 0 spiro atoms. The molecular weight excluding hydrogens is 336 g/mol. The van der Waals surface area contributed by atoms with Crippen LogP contribution in [0.15, 0.2) is 41.7 Å². The predicted molar refractivity (Wildman–Crippen MR) is 99.5 cm³/mol. The maximum atomic E-state index is 12.3. The SMILES string of the molecule is CCOC(=O)c1c(C)nc(SC)nc1Nc1ccc2ncccc2c1. The third-order valence-corrected chi connectivity index (χ3v) is 4.14. The van der Waals surface area contributed by atoms with Crippen molar-refractivity contribution in [1.82, 2.24) is 15.0 Å². The van der Waals surface area contributed by atoms with E-state index in [4.69, 9.17) is 4.74 Å². The van der Waals surface area contributed by atoms with Crippen LogP contribution in [0.5, 0.6) is 0 Å². The van der Waals surface area contributed by atoms with Gasteiger partial charge in [0.1, 0.15) is 11.4 Å². The zero-order chi connectivity index (χ0) is 17.8. The number of nitrogens with one attached hydrogen (secondary N) is 1. The van der Waals surface area contributed by atoms with Crippen molar-refractivity contribution < 1.29 is 9.53 Å². The van der Waals surface area contributed by atoms with E-state index >= 15 is 0 Å². The highest BCUT2D eigenvalue weighted by molar-refractivity contribution is 7.98. The van der Waals surface area contributed by atoms with Crippen LogP contribution in [0.3, 0.4) is 0 Å². The number of rotatable bonds is 5. The van der Waals surface area contributed by atoms with E-state index in [1.165, 1.54) is 11.8 Å². The molecule has 7 heteroatoms. The second-order valence-corrected chi connectivity index (χ2v) is 6.05. The molecule has 0 aliphatic rings. The minimum Gasteiger partial charge on any atom is -0.462 e. The Morgan fingerprint density at radius 2 is 2.12 bits per heavy atom. The molecule has 1 N–H and O–H groups in total. The van der Waals surface area contributed by atoms with E-state index in [0.29, 0.717) is 28.8 Å². The van der Waals surface area contributed by atoms with Crippen molar-refractivity contribution >= 4 is 40.1 Å². The van der Waals surface area contributed by atoms with Gasteiger partial charge in [0.2, 0.25) is 0 Å². The molecule has 3 rings (SSSR count). The van der Waals surface area contributed by atoms with Crippen LogP contribution in [0.1, 0.15) is 23.0 Å². The highest BCUT2D eigenvalue weighted by atomic mass is 32.2. The zero-order valence-electron chi connectivity index (χ0n) is 14.2. The summed E-state index contributed by atoms with van der Waals surface area (Å²) < 4.78 is 5.16. The van der Waals surface area contributed by atoms with Gasteiger partial charge < -0.3 is 10.1 Å². The van der Waals surface area contributed by atoms with Gasteiger partial charge in [0, 0.05) is 17.3 Å². The number of hydrogen-bond acceptors (Lipinski definition) is 7. The molecule has 0 saturated carbocycles. The Morgan fingerprint density at radius 1 is 1.28 bits per heavy atom. The summed E-state index contributed by atoms with van der Waals surface area (Å²) in [5.74, 6) is 0.0103. The molecule has 25 heavy (non-hydrogen) atoms. The maximum Gasteiger partial charge on any atom is 0.343 e. The smallest absolute Gasteiger partial charge is 0.343 e. The summed E-state index contributed by atoms with van der Waals surface area (Å²) >= 11 is 1.42. The number of ether oxygens (including phenoxy) is 1. The maximum absolute atomic E-state index is 12.3. The van der Waals surface area contributed by atoms with Gasteiger partial charge in [-0.25, -0.2) is 14.8 Å². The summed E-state index contributed by atoms with van der Waals surface area (Å²) in [6.07, 6.45) is 3.65. The fraction of sp³-hybridized carbons (Fsp3) is 0.222. The molecule has 0 fully saturated rings. The van der Waals surface area contributed by atoms with E-state index in [0.717, 1.165) is 16.6 Å². The summed E-state index contributed by atoms with van der Waals surface area (Å²) in [5, 5.41) is 4.82. The number of aromatic nitrogens is 3. The third-order valence-electron chi connectivity index (χ3n) is 3.60. The highest BCUT2D eigenvalue weighted by Gasteiger charge is 2.20. The Labute approximate surface area is 150 Å². The zero-order valence-corrected chi connectivity index (χ0v) is 15.1. The van der Waals surface area contributed by atoms with Gasteiger partial charge in [0.15, 0.2) is 5.16 Å². The molecule has 0 unspecified atom stereocenters. The summed E-state index contributed by atoms with van der Waals surface area (Å²) in [5.41, 5.74) is 2.66. The summed E-state index contributed by atoms with van der Waals surface area (Å²) in [6, 6.07) is 9.66. The molecule has 0 aliphatic carbocycles. The minimum atomic E-state index is -0.433. The first-order valence-electron chi connectivity index (χ1n) is 7.84. The van der Waals surface area contributed by atoms with Gasteiger partial charge in [0.05, 0.1) is 17.8 Å². The second kappa shape index (κ2) is 7.48. The van der Waals surface area contributed by atoms with E-state index in [1.54, 1.807) is 20.0 Å². The summed E-state index contributed by atoms with van der Waals surface area (Å²) in [7, 11) is 0. The van der Waals surface area contributed by atoms with E-state index in [9.17, 15) is 4.79 Å². The first-order valence-corrected chi connectivity index (χ1v) is 9.06. The molecule has 3 aromatic rings. The Bertz CT molecular complexity index is 930. The van der Waals surface area contributed by atoms with Crippen molar-refractivity contribution in [3.63, 3.8) is 0 Å². The summed E-state index contributed by atoms with van der Waals surface area (Å²) in [6.45, 7) is 3.85. The topological polar surface area (TPSA) is 77.0 Å². The number of anilines is 2. The van der Waals surface area contributed by atoms with Crippen LogP contribution in [0, 0.1) is 6.92 Å². The van der Waals surface area contributed by atoms with Gasteiger partial charge in [0.25, 0.3) is 0 Å². The van der Waals surface area contributed by atoms with Gasteiger partial charge >= 0.3 is 5.97 Å². The molecule has 0 atom stereocenters. The van der Waals surface area contributed by atoms with Crippen molar-refractivity contribution in [2.75, 3.05) is 18.2 Å². The fourth-order valence-corrected chi connectivity index (χ4v) is 2.88. The standard InChI is InChI=1S/C18H18N4O2S/c1-4-24-17(23)15-11(2)20-18(25-3)22-16(15)21-13-7-8-14-12(10-13)6-5-9-19-14/h5-10H,4H2,1-3H3,(H,20,21,22). The third kappa shape index (κ3) is 3.71. The van der Waals surface area contributed by atoms with Crippen LogP contribution in [0.25, 0.3) is 10.9 Å². The molecule has 0 radical (unpaired) electrons. The van der Waals surface area contributed by atoms with Crippen LogP contribution < -0.4 is 5.32 Å². The van der Waals surface area contributed by atoms with Crippen LogP contribution in [-0.2, 0) is 4.74 Å². The van der Waals surface area contributed by atoms with Crippen molar-refractivity contribution in [2.45, 2.75) is 19.0 Å². The first-order chi connectivity index (χ1) is 12.1. The molecule has 128 valence electrons. The Morgan fingerprint density at radius 3 is 2.88 bits per heavy atom. The number of benzene rings is 1. The normalized spacial score (nSPS) is 10.7. The molecule has 0 amide bonds. The van der Waals surface area contributed by atoms with E-state index in [2.05, 4.69) is 20.3 Å². The van der Waals surface area contributed by atoms with Crippen molar-refractivity contribution in [2.24, 2.45) is 0 Å². The fourth-order valence-electron chi connectivity index (χ4n) is 2.47. The van der Waals surface area contributed by atoms with Crippen LogP contribution in [-0.4, -0.2) is 33.8 Å². The van der Waals surface area contributed by atoms with Crippen LogP contribution >= 0.6 is 11.8 Å². The number of aryl methyl sites for hydroxylation is 1. The van der Waals surface area contributed by atoms with Crippen molar-refractivity contribution in [1.29, 1.82) is 0 Å². The minimum absolute atomic E-state index is 0.295. The van der Waals surface area contributed by atoms with Gasteiger partial charge in [-0.05, 0) is 44.4 Å². The lowest BCUT2D eigenvalue weighted by molar-refractivity contribution is 0.0525. The monoisotopic (exact) mass is 354 g/mol. The quantitative estimate of drug-likeness (QED) is 0.422. The van der Waals surface area contributed by atoms with Crippen molar-refractivity contribution in [3.05, 3.63) is 47.8 Å². The molecule has 6 nitrogen and oxygen atoms in total. The van der Waals surface area contributed by atoms with Crippen LogP contribution in [0.4, 0.5) is 11.5 Å². The number of carbonyl (C=O) groups is 1. The Hall–Kier alpha value is -2.67. The molecular formula is C18H18N4O2S. The molecule has 0 bridgehead atoms. The van der Waals surface area contributed by atoms with Gasteiger partial charge in [-0.15, -0.1) is 0 Å². The first kappa shape index (κ1) is 17.2. The number of hydrogen-bond donors (Lipinski definition) is 1. The van der Waals surface area contributed by atoms with E-state index < -0.39 is 5.97 Å². The lowest BCUT2D eigenvalue weighted by Crippen LogP contribution is -2.13. The number of fused-ring (bicyclic) bond motifs is 1. The average Bonchev–Trinajstić information content (AvgIpc) is 2.61. The van der Waals surface area contributed by atoms with Gasteiger partial charge in [-0.3, -0.25) is 4.98 Å². The van der Waals surface area contributed by atoms with E-state index in [1.807, 2.05) is 36.6 Å². The Balaban J connectivity index is 2.04. The van der Waals surface area contributed by atoms with Crippen LogP contribution in [0.2, 0.25) is 0 Å². The second-order valence-electron chi connectivity index (χ2n) is 5.28.